The number of benzene rings is 1. The predicted octanol–water partition coefficient (Wildman–Crippen LogP) is 1.97. The molecule has 0 radical (unpaired) electrons. The summed E-state index contributed by atoms with van der Waals surface area (Å²) in [5.41, 5.74) is -0.216. The third kappa shape index (κ3) is 4.73. The quantitative estimate of drug-likeness (QED) is 0.702. The van der Waals surface area contributed by atoms with E-state index in [4.69, 9.17) is 4.74 Å². The summed E-state index contributed by atoms with van der Waals surface area (Å²) in [4.78, 5) is 58.0. The van der Waals surface area contributed by atoms with Crippen LogP contribution >= 0.6 is 0 Å². The van der Waals surface area contributed by atoms with Gasteiger partial charge >= 0.3 is 5.69 Å². The maximum absolute atomic E-state index is 13.2. The summed E-state index contributed by atoms with van der Waals surface area (Å²) in [7, 11) is 1.54. The number of carbonyl (C=O) groups excluding carboxylic acids is 2. The number of carbonyl (C=O) groups is 2. The highest BCUT2D eigenvalue weighted by molar-refractivity contribution is 5.83. The second-order valence-electron chi connectivity index (χ2n) is 10.4. The monoisotopic (exact) mass is 482 g/mol. The summed E-state index contributed by atoms with van der Waals surface area (Å²) in [6, 6.07) is 5.10. The van der Waals surface area contributed by atoms with Crippen LogP contribution in [-0.2, 0) is 16.1 Å². The minimum atomic E-state index is -0.404. The summed E-state index contributed by atoms with van der Waals surface area (Å²) in [5.74, 6) is 1.36. The number of nitrogens with one attached hydrogen (secondary N) is 1. The highest BCUT2D eigenvalue weighted by Gasteiger charge is 2.39. The van der Waals surface area contributed by atoms with Crippen molar-refractivity contribution >= 4 is 22.7 Å². The molecule has 2 aliphatic carbocycles. The molecule has 2 aromatic rings. The smallest absolute Gasteiger partial charge is 0.328 e. The van der Waals surface area contributed by atoms with Crippen molar-refractivity contribution in [3.63, 3.8) is 0 Å². The van der Waals surface area contributed by atoms with E-state index in [0.717, 1.165) is 38.5 Å². The minimum Gasteiger partial charge on any atom is -0.497 e. The van der Waals surface area contributed by atoms with Gasteiger partial charge in [0.2, 0.25) is 11.8 Å². The first-order valence-electron chi connectivity index (χ1n) is 12.8. The lowest BCUT2D eigenvalue weighted by molar-refractivity contribution is -0.146. The molecule has 3 fully saturated rings. The van der Waals surface area contributed by atoms with Crippen molar-refractivity contribution in [2.24, 2.45) is 17.8 Å². The van der Waals surface area contributed by atoms with E-state index in [0.29, 0.717) is 42.8 Å². The molecule has 35 heavy (non-hydrogen) atoms. The van der Waals surface area contributed by atoms with Gasteiger partial charge in [0.15, 0.2) is 0 Å². The zero-order chi connectivity index (χ0) is 24.7. The van der Waals surface area contributed by atoms with Crippen LogP contribution in [0.5, 0.6) is 5.75 Å². The van der Waals surface area contributed by atoms with E-state index in [2.05, 4.69) is 4.98 Å². The molecule has 0 unspecified atom stereocenters. The molecule has 3 aliphatic rings. The van der Waals surface area contributed by atoms with Crippen molar-refractivity contribution in [2.75, 3.05) is 26.7 Å². The second kappa shape index (κ2) is 9.51. The number of aromatic nitrogens is 2. The van der Waals surface area contributed by atoms with Crippen molar-refractivity contribution in [1.82, 2.24) is 19.4 Å². The molecule has 9 heteroatoms. The van der Waals surface area contributed by atoms with E-state index in [-0.39, 0.29) is 41.2 Å². The lowest BCUT2D eigenvalue weighted by Crippen LogP contribution is -2.57. The number of methoxy groups -OCH3 is 1. The van der Waals surface area contributed by atoms with Gasteiger partial charge in [0.25, 0.3) is 5.56 Å². The number of fused-ring (bicyclic) bond motifs is 1. The molecule has 1 N–H and O–H groups in total. The van der Waals surface area contributed by atoms with Gasteiger partial charge in [-0.2, -0.15) is 0 Å². The Kier molecular flexibility index (Phi) is 6.42. The molecule has 1 saturated heterocycles. The van der Waals surface area contributed by atoms with Crippen LogP contribution in [0.3, 0.4) is 0 Å². The molecule has 1 aromatic heterocycles. The van der Waals surface area contributed by atoms with E-state index in [9.17, 15) is 19.2 Å². The zero-order valence-corrected chi connectivity index (χ0v) is 20.5. The fourth-order valence-corrected chi connectivity index (χ4v) is 5.68. The van der Waals surface area contributed by atoms with Gasteiger partial charge in [0.05, 0.1) is 18.0 Å². The molecule has 188 valence electrons. The minimum absolute atomic E-state index is 0.0278. The van der Waals surface area contributed by atoms with Crippen LogP contribution in [-0.4, -0.2) is 64.0 Å². The molecule has 0 bridgehead atoms. The molecule has 1 aromatic carbocycles. The lowest BCUT2D eigenvalue weighted by Gasteiger charge is -2.42. The Labute approximate surface area is 204 Å². The van der Waals surface area contributed by atoms with Crippen molar-refractivity contribution in [3.8, 4) is 5.75 Å². The Morgan fingerprint density at radius 1 is 1.00 bits per heavy atom. The standard InChI is InChI=1S/C26H34N4O5/c1-16-14-28(11-12-29(16)24(32)19-7-8-19)23(31)18-5-3-17(4-6-18)15-30-25(33)21-13-20(35-2)9-10-22(21)27-26(30)34/h9-10,13,16-19H,3-8,11-12,14-15H2,1-2H3,(H,27,34)/t16-,17?,18?/m0/s1. The van der Waals surface area contributed by atoms with Gasteiger partial charge in [-0.1, -0.05) is 0 Å². The molecule has 2 amide bonds. The van der Waals surface area contributed by atoms with Crippen LogP contribution in [0.15, 0.2) is 27.8 Å². The van der Waals surface area contributed by atoms with Gasteiger partial charge in [-0.25, -0.2) is 4.79 Å². The molecule has 1 atom stereocenters. The third-order valence-electron chi connectivity index (χ3n) is 7.97. The molecular weight excluding hydrogens is 448 g/mol. The number of nitrogens with zero attached hydrogens (tertiary/aromatic N) is 3. The summed E-state index contributed by atoms with van der Waals surface area (Å²) in [6.45, 7) is 4.21. The summed E-state index contributed by atoms with van der Waals surface area (Å²) < 4.78 is 6.51. The molecule has 1 aliphatic heterocycles. The van der Waals surface area contributed by atoms with Gasteiger partial charge in [0.1, 0.15) is 5.75 Å². The third-order valence-corrected chi connectivity index (χ3v) is 7.97. The predicted molar refractivity (Wildman–Crippen MR) is 131 cm³/mol. The van der Waals surface area contributed by atoms with Crippen LogP contribution in [0.2, 0.25) is 0 Å². The van der Waals surface area contributed by atoms with E-state index >= 15 is 0 Å². The molecule has 9 nitrogen and oxygen atoms in total. The Bertz CT molecular complexity index is 1240. The topological polar surface area (TPSA) is 105 Å². The largest absolute Gasteiger partial charge is 0.497 e. The molecule has 5 rings (SSSR count). The number of amides is 2. The first kappa shape index (κ1) is 23.6. The Morgan fingerprint density at radius 2 is 1.69 bits per heavy atom. The number of aromatic amines is 1. The van der Waals surface area contributed by atoms with Crippen molar-refractivity contribution < 1.29 is 14.3 Å². The summed E-state index contributed by atoms with van der Waals surface area (Å²) >= 11 is 0. The van der Waals surface area contributed by atoms with Crippen LogP contribution < -0.4 is 16.0 Å². The molecule has 0 spiro atoms. The maximum atomic E-state index is 13.2. The number of ether oxygens (including phenoxy) is 1. The molecule has 2 heterocycles. The maximum Gasteiger partial charge on any atom is 0.328 e. The average molecular weight is 483 g/mol. The van der Waals surface area contributed by atoms with Crippen LogP contribution in [0.1, 0.15) is 45.4 Å². The van der Waals surface area contributed by atoms with E-state index in [1.165, 1.54) is 4.57 Å². The Hall–Kier alpha value is -3.10. The Morgan fingerprint density at radius 3 is 2.34 bits per heavy atom. The number of H-pyrrole nitrogens is 1. The van der Waals surface area contributed by atoms with Gasteiger partial charge in [-0.3, -0.25) is 19.0 Å². The van der Waals surface area contributed by atoms with Crippen LogP contribution in [0.4, 0.5) is 0 Å². The second-order valence-corrected chi connectivity index (χ2v) is 10.4. The van der Waals surface area contributed by atoms with Gasteiger partial charge < -0.3 is 19.5 Å². The molecule has 2 saturated carbocycles. The molecular formula is C26H34N4O5. The van der Waals surface area contributed by atoms with E-state index < -0.39 is 5.69 Å². The lowest BCUT2D eigenvalue weighted by atomic mass is 9.81. The summed E-state index contributed by atoms with van der Waals surface area (Å²) in [5, 5.41) is 0.432. The van der Waals surface area contributed by atoms with Crippen LogP contribution in [0, 0.1) is 17.8 Å². The number of hydrogen-bond donors (Lipinski definition) is 1. The van der Waals surface area contributed by atoms with E-state index in [1.807, 2.05) is 16.7 Å². The highest BCUT2D eigenvalue weighted by atomic mass is 16.5. The number of hydrogen-bond acceptors (Lipinski definition) is 5. The van der Waals surface area contributed by atoms with Gasteiger partial charge in [0, 0.05) is 44.1 Å². The van der Waals surface area contributed by atoms with Gasteiger partial charge in [-0.15, -0.1) is 0 Å². The van der Waals surface area contributed by atoms with Crippen molar-refractivity contribution in [3.05, 3.63) is 39.0 Å². The average Bonchev–Trinajstić information content (AvgIpc) is 3.71. The highest BCUT2D eigenvalue weighted by Crippen LogP contribution is 2.34. The normalized spacial score (nSPS) is 25.0. The first-order valence-corrected chi connectivity index (χ1v) is 12.8. The fraction of sp³-hybridized carbons (Fsp3) is 0.615. The summed E-state index contributed by atoms with van der Waals surface area (Å²) in [6.07, 6.45) is 5.11. The number of rotatable bonds is 5. The SMILES string of the molecule is COc1ccc2[nH]c(=O)n(CC3CCC(C(=O)N4CCN(C(=O)C5CC5)[C@@H](C)C4)CC3)c(=O)c2c1. The van der Waals surface area contributed by atoms with Crippen LogP contribution in [0.25, 0.3) is 10.9 Å². The Balaban J connectivity index is 1.19. The number of piperazine rings is 1. The van der Waals surface area contributed by atoms with Gasteiger partial charge in [-0.05, 0) is 69.6 Å². The van der Waals surface area contributed by atoms with Crippen molar-refractivity contribution in [1.29, 1.82) is 0 Å². The first-order chi connectivity index (χ1) is 16.9. The zero-order valence-electron chi connectivity index (χ0n) is 20.5. The van der Waals surface area contributed by atoms with Crippen molar-refractivity contribution in [2.45, 2.75) is 58.0 Å². The van der Waals surface area contributed by atoms with E-state index in [1.54, 1.807) is 25.3 Å². The fourth-order valence-electron chi connectivity index (χ4n) is 5.68.